The van der Waals surface area contributed by atoms with E-state index in [1.54, 1.807) is 30.5 Å². The van der Waals surface area contributed by atoms with Crippen molar-refractivity contribution in [2.24, 2.45) is 5.73 Å². The number of nitrogens with two attached hydrogens (primary N) is 1. The number of hydrogen-bond donors (Lipinski definition) is 1. The number of carbonyl (C=O) groups excluding carboxylic acids is 2. The number of carbonyl (C=O) groups is 2. The van der Waals surface area contributed by atoms with E-state index in [1.165, 1.54) is 29.7 Å². The van der Waals surface area contributed by atoms with Gasteiger partial charge in [-0.15, -0.1) is 0 Å². The quantitative estimate of drug-likeness (QED) is 0.394. The molecule has 2 heterocycles. The standard InChI is InChI=1S/C29H29ClF2N2O5/c1-16-9-20-7-8-22(30)12-23(20)24-13-27(36)34(14-21(24)15-38-16)25(10-17(2)39-29(31)32)26(35)11-18-3-5-19(6-4-18)28(33)37/h3-8,12-14,16-17,25,29H,9-11,15H2,1-2H3,(H2,33,37)/t16-,17+,25+/m1/s1. The highest BCUT2D eigenvalue weighted by Crippen LogP contribution is 2.33. The molecule has 206 valence electrons. The van der Waals surface area contributed by atoms with Crippen LogP contribution in [0.2, 0.25) is 5.02 Å². The van der Waals surface area contributed by atoms with E-state index >= 15 is 0 Å². The van der Waals surface area contributed by atoms with Crippen molar-refractivity contribution in [3.63, 3.8) is 0 Å². The molecule has 0 spiro atoms. The number of hydrogen-bond acceptors (Lipinski definition) is 5. The van der Waals surface area contributed by atoms with Crippen LogP contribution in [-0.2, 0) is 33.7 Å². The van der Waals surface area contributed by atoms with Gasteiger partial charge in [0.1, 0.15) is 0 Å². The first kappa shape index (κ1) is 28.6. The predicted molar refractivity (Wildman–Crippen MR) is 143 cm³/mol. The summed E-state index contributed by atoms with van der Waals surface area (Å²) in [5.41, 5.74) is 8.77. The van der Waals surface area contributed by atoms with Crippen LogP contribution in [0.15, 0.2) is 59.5 Å². The summed E-state index contributed by atoms with van der Waals surface area (Å²) in [5.74, 6) is -0.979. The van der Waals surface area contributed by atoms with E-state index in [0.717, 1.165) is 11.1 Å². The second-order valence-electron chi connectivity index (χ2n) is 9.75. The first-order chi connectivity index (χ1) is 18.5. The van der Waals surface area contributed by atoms with E-state index < -0.39 is 30.2 Å². The van der Waals surface area contributed by atoms with Gasteiger partial charge in [-0.3, -0.25) is 14.4 Å². The number of aromatic nitrogens is 1. The Labute approximate surface area is 229 Å². The first-order valence-electron chi connectivity index (χ1n) is 12.5. The zero-order chi connectivity index (χ0) is 28.3. The molecular formula is C29H29ClF2N2O5. The Kier molecular flexibility index (Phi) is 8.94. The third kappa shape index (κ3) is 6.98. The Morgan fingerprint density at radius 2 is 1.82 bits per heavy atom. The summed E-state index contributed by atoms with van der Waals surface area (Å²) in [6.07, 6.45) is 0.822. The maximum absolute atomic E-state index is 13.5. The van der Waals surface area contributed by atoms with Crippen LogP contribution >= 0.6 is 11.6 Å². The molecule has 39 heavy (non-hydrogen) atoms. The number of primary amides is 1. The molecule has 4 rings (SSSR count). The average Bonchev–Trinajstić information content (AvgIpc) is 2.86. The summed E-state index contributed by atoms with van der Waals surface area (Å²) in [7, 11) is 0. The minimum absolute atomic E-state index is 0.0966. The summed E-state index contributed by atoms with van der Waals surface area (Å²) < 4.78 is 37.8. The third-order valence-electron chi connectivity index (χ3n) is 6.77. The number of benzene rings is 2. The molecule has 1 aliphatic rings. The Morgan fingerprint density at radius 1 is 1.13 bits per heavy atom. The highest BCUT2D eigenvalue weighted by Gasteiger charge is 2.28. The van der Waals surface area contributed by atoms with E-state index in [9.17, 15) is 23.2 Å². The van der Waals surface area contributed by atoms with Crippen LogP contribution in [0.3, 0.4) is 0 Å². The SMILES string of the molecule is C[C@@H]1Cc2ccc(Cl)cc2-c2cc(=O)n([C@@H](C[C@H](C)OC(F)F)C(=O)Cc3ccc(C(N)=O)cc3)cc2CO1. The number of amides is 1. The number of Topliss-reactive ketones (excluding diaryl/α,β-unsaturated/α-hetero) is 1. The monoisotopic (exact) mass is 558 g/mol. The highest BCUT2D eigenvalue weighted by atomic mass is 35.5. The molecule has 10 heteroatoms. The van der Waals surface area contributed by atoms with Gasteiger partial charge in [0.05, 0.1) is 24.9 Å². The fourth-order valence-corrected chi connectivity index (χ4v) is 5.00. The van der Waals surface area contributed by atoms with Gasteiger partial charge in [-0.1, -0.05) is 29.8 Å². The number of rotatable bonds is 9. The fourth-order valence-electron chi connectivity index (χ4n) is 4.83. The molecule has 0 saturated carbocycles. The smallest absolute Gasteiger partial charge is 0.345 e. The summed E-state index contributed by atoms with van der Waals surface area (Å²) in [4.78, 5) is 38.4. The van der Waals surface area contributed by atoms with Crippen LogP contribution in [0.4, 0.5) is 8.78 Å². The Morgan fingerprint density at radius 3 is 2.49 bits per heavy atom. The minimum Gasteiger partial charge on any atom is -0.373 e. The lowest BCUT2D eigenvalue weighted by molar-refractivity contribution is -0.162. The molecule has 1 amide bonds. The summed E-state index contributed by atoms with van der Waals surface area (Å²) in [6, 6.07) is 12.0. The highest BCUT2D eigenvalue weighted by molar-refractivity contribution is 6.30. The molecule has 0 radical (unpaired) electrons. The molecule has 7 nitrogen and oxygen atoms in total. The van der Waals surface area contributed by atoms with Gasteiger partial charge in [-0.25, -0.2) is 0 Å². The van der Waals surface area contributed by atoms with E-state index in [1.807, 2.05) is 13.0 Å². The first-order valence-corrected chi connectivity index (χ1v) is 12.9. The molecule has 2 aromatic carbocycles. The third-order valence-corrected chi connectivity index (χ3v) is 7.01. The summed E-state index contributed by atoms with van der Waals surface area (Å²) in [5, 5.41) is 0.520. The number of alkyl halides is 2. The van der Waals surface area contributed by atoms with Gasteiger partial charge in [0, 0.05) is 41.3 Å². The van der Waals surface area contributed by atoms with Crippen LogP contribution < -0.4 is 11.3 Å². The number of fused-ring (bicyclic) bond motifs is 3. The van der Waals surface area contributed by atoms with Crippen molar-refractivity contribution in [2.45, 2.75) is 64.6 Å². The topological polar surface area (TPSA) is 101 Å². The number of pyridine rings is 1. The van der Waals surface area contributed by atoms with Crippen LogP contribution in [0, 0.1) is 0 Å². The fraction of sp³-hybridized carbons (Fsp3) is 0.345. The maximum Gasteiger partial charge on any atom is 0.345 e. The second kappa shape index (κ2) is 12.2. The lowest BCUT2D eigenvalue weighted by Gasteiger charge is -2.26. The largest absolute Gasteiger partial charge is 0.373 e. The van der Waals surface area contributed by atoms with Gasteiger partial charge in [-0.2, -0.15) is 8.78 Å². The van der Waals surface area contributed by atoms with E-state index in [-0.39, 0.29) is 36.9 Å². The zero-order valence-electron chi connectivity index (χ0n) is 21.5. The Balaban J connectivity index is 1.75. The Hall–Kier alpha value is -3.40. The molecule has 0 aliphatic carbocycles. The molecule has 0 fully saturated rings. The van der Waals surface area contributed by atoms with Crippen molar-refractivity contribution in [3.8, 4) is 11.1 Å². The van der Waals surface area contributed by atoms with Crippen LogP contribution in [0.1, 0.15) is 53.4 Å². The minimum atomic E-state index is -3.03. The van der Waals surface area contributed by atoms with E-state index in [2.05, 4.69) is 4.74 Å². The van der Waals surface area contributed by atoms with Gasteiger partial charge in [0.2, 0.25) is 5.91 Å². The van der Waals surface area contributed by atoms with Crippen LogP contribution in [0.25, 0.3) is 11.1 Å². The van der Waals surface area contributed by atoms with Gasteiger partial charge >= 0.3 is 6.61 Å². The van der Waals surface area contributed by atoms with Crippen LogP contribution in [-0.4, -0.2) is 35.1 Å². The van der Waals surface area contributed by atoms with Gasteiger partial charge in [0.15, 0.2) is 5.78 Å². The molecule has 0 unspecified atom stereocenters. The summed E-state index contributed by atoms with van der Waals surface area (Å²) >= 11 is 6.28. The molecule has 3 aromatic rings. The van der Waals surface area contributed by atoms with E-state index in [4.69, 9.17) is 22.1 Å². The summed E-state index contributed by atoms with van der Waals surface area (Å²) in [6.45, 7) is 0.524. The number of nitrogens with zero attached hydrogens (tertiary/aromatic N) is 1. The Bertz CT molecular complexity index is 1420. The molecule has 2 N–H and O–H groups in total. The van der Waals surface area contributed by atoms with Crippen molar-refractivity contribution < 1.29 is 27.8 Å². The normalized spacial score (nSPS) is 16.5. The number of halogens is 3. The maximum atomic E-state index is 13.5. The lowest BCUT2D eigenvalue weighted by atomic mass is 9.92. The van der Waals surface area contributed by atoms with Gasteiger partial charge < -0.3 is 19.8 Å². The lowest BCUT2D eigenvalue weighted by Crippen LogP contribution is -2.34. The molecule has 0 saturated heterocycles. The van der Waals surface area contributed by atoms with Crippen molar-refractivity contribution in [3.05, 3.63) is 92.4 Å². The molecule has 1 aromatic heterocycles. The van der Waals surface area contributed by atoms with Gasteiger partial charge in [0.25, 0.3) is 5.56 Å². The van der Waals surface area contributed by atoms with Crippen molar-refractivity contribution in [2.75, 3.05) is 0 Å². The average molecular weight is 559 g/mol. The van der Waals surface area contributed by atoms with Crippen LogP contribution in [0.5, 0.6) is 0 Å². The molecule has 3 atom stereocenters. The molecular weight excluding hydrogens is 530 g/mol. The number of ketones is 1. The van der Waals surface area contributed by atoms with E-state index in [0.29, 0.717) is 28.1 Å². The van der Waals surface area contributed by atoms with Crippen molar-refractivity contribution >= 4 is 23.3 Å². The van der Waals surface area contributed by atoms with Gasteiger partial charge in [-0.05, 0) is 66.8 Å². The predicted octanol–water partition coefficient (Wildman–Crippen LogP) is 5.10. The zero-order valence-corrected chi connectivity index (χ0v) is 22.3. The number of ether oxygens (including phenoxy) is 2. The molecule has 1 aliphatic heterocycles. The molecule has 0 bridgehead atoms. The van der Waals surface area contributed by atoms with Crippen molar-refractivity contribution in [1.82, 2.24) is 4.57 Å². The second-order valence-corrected chi connectivity index (χ2v) is 10.2. The van der Waals surface area contributed by atoms with Crippen molar-refractivity contribution in [1.29, 1.82) is 0 Å².